The van der Waals surface area contributed by atoms with Crippen molar-refractivity contribution in [3.63, 3.8) is 0 Å². The summed E-state index contributed by atoms with van der Waals surface area (Å²) in [5.41, 5.74) is 6.11. The van der Waals surface area contributed by atoms with Crippen molar-refractivity contribution >= 4 is 23.2 Å². The first-order chi connectivity index (χ1) is 3.84. The number of rotatable bonds is 1. The zero-order chi connectivity index (χ0) is 5.98. The third-order valence-corrected chi connectivity index (χ3v) is 1.74. The van der Waals surface area contributed by atoms with Gasteiger partial charge in [-0.3, -0.25) is 0 Å². The summed E-state index contributed by atoms with van der Waals surface area (Å²) < 4.78 is 0. The van der Waals surface area contributed by atoms with Crippen molar-refractivity contribution in [2.75, 3.05) is 5.73 Å². The normalized spacial score (nSPS) is 9.00. The molecule has 0 unspecified atom stereocenters. The van der Waals surface area contributed by atoms with Gasteiger partial charge in [0.2, 0.25) is 0 Å². The number of thiophene rings is 1. The fourth-order valence-corrected chi connectivity index (χ4v) is 1.08. The van der Waals surface area contributed by atoms with Gasteiger partial charge in [0.1, 0.15) is 0 Å². The van der Waals surface area contributed by atoms with E-state index >= 15 is 0 Å². The van der Waals surface area contributed by atoms with Crippen LogP contribution in [0.1, 0.15) is 4.88 Å². The highest BCUT2D eigenvalue weighted by molar-refractivity contribution is 7.12. The average molecular weight is 126 g/mol. The molecule has 0 aromatic carbocycles. The summed E-state index contributed by atoms with van der Waals surface area (Å²) in [5, 5.41) is 8.68. The summed E-state index contributed by atoms with van der Waals surface area (Å²) in [7, 11) is 0. The number of nitrogens with one attached hydrogen (secondary N) is 1. The lowest BCUT2D eigenvalue weighted by Gasteiger charge is -1.82. The third-order valence-electron chi connectivity index (χ3n) is 0.858. The number of hydrogen-bond acceptors (Lipinski definition) is 3. The van der Waals surface area contributed by atoms with Gasteiger partial charge in [-0.25, -0.2) is 0 Å². The van der Waals surface area contributed by atoms with E-state index in [9.17, 15) is 0 Å². The van der Waals surface area contributed by atoms with E-state index < -0.39 is 0 Å². The molecule has 42 valence electrons. The Balaban J connectivity index is 3.09. The maximum absolute atomic E-state index is 6.81. The van der Waals surface area contributed by atoms with Crippen LogP contribution in [0.5, 0.6) is 0 Å². The van der Waals surface area contributed by atoms with Gasteiger partial charge in [0.05, 0.1) is 10.6 Å². The molecule has 0 atom stereocenters. The van der Waals surface area contributed by atoms with Crippen LogP contribution in [0.2, 0.25) is 0 Å². The molecule has 1 aromatic rings. The van der Waals surface area contributed by atoms with E-state index in [1.165, 1.54) is 17.6 Å². The van der Waals surface area contributed by atoms with Gasteiger partial charge in [-0.1, -0.05) is 0 Å². The van der Waals surface area contributed by atoms with Crippen LogP contribution in [0, 0.1) is 5.41 Å². The molecule has 2 nitrogen and oxygen atoms in total. The Morgan fingerprint density at radius 1 is 1.75 bits per heavy atom. The van der Waals surface area contributed by atoms with E-state index in [0.717, 1.165) is 4.88 Å². The molecule has 1 aromatic heterocycles. The van der Waals surface area contributed by atoms with Crippen molar-refractivity contribution in [2.45, 2.75) is 0 Å². The van der Waals surface area contributed by atoms with Crippen molar-refractivity contribution in [1.82, 2.24) is 0 Å². The molecule has 1 rings (SSSR count). The Hall–Kier alpha value is -0.830. The quantitative estimate of drug-likeness (QED) is 0.548. The Labute approximate surface area is 51.5 Å². The van der Waals surface area contributed by atoms with Crippen LogP contribution in [-0.2, 0) is 0 Å². The summed E-state index contributed by atoms with van der Waals surface area (Å²) in [6.07, 6.45) is 1.26. The lowest BCUT2D eigenvalue weighted by atomic mass is 10.4. The SMILES string of the molecule is N=Cc1sccc1N. The molecule has 3 N–H and O–H groups in total. The zero-order valence-electron chi connectivity index (χ0n) is 4.22. The van der Waals surface area contributed by atoms with E-state index in [4.69, 9.17) is 11.1 Å². The van der Waals surface area contributed by atoms with Crippen molar-refractivity contribution in [3.8, 4) is 0 Å². The molecule has 0 radical (unpaired) electrons. The molecule has 0 aliphatic rings. The molecular weight excluding hydrogens is 120 g/mol. The summed E-state index contributed by atoms with van der Waals surface area (Å²) in [6, 6.07) is 1.80. The largest absolute Gasteiger partial charge is 0.398 e. The molecule has 8 heavy (non-hydrogen) atoms. The minimum atomic E-state index is 0.699. The molecule has 0 aliphatic carbocycles. The standard InChI is InChI=1S/C5H6N2S/c6-3-5-4(7)1-2-8-5/h1-3,6H,7H2. The highest BCUT2D eigenvalue weighted by Crippen LogP contribution is 2.14. The molecule has 0 aliphatic heterocycles. The number of nitrogen functional groups attached to an aromatic ring is 1. The van der Waals surface area contributed by atoms with Crippen LogP contribution in [0.15, 0.2) is 11.4 Å². The second kappa shape index (κ2) is 1.96. The van der Waals surface area contributed by atoms with Crippen LogP contribution in [0.3, 0.4) is 0 Å². The lowest BCUT2D eigenvalue weighted by Crippen LogP contribution is -1.83. The van der Waals surface area contributed by atoms with Crippen molar-refractivity contribution in [3.05, 3.63) is 16.3 Å². The molecule has 3 heteroatoms. The van der Waals surface area contributed by atoms with Crippen LogP contribution in [-0.4, -0.2) is 6.21 Å². The summed E-state index contributed by atoms with van der Waals surface area (Å²) in [5.74, 6) is 0. The monoisotopic (exact) mass is 126 g/mol. The first-order valence-electron chi connectivity index (χ1n) is 2.18. The second-order valence-electron chi connectivity index (χ2n) is 1.38. The summed E-state index contributed by atoms with van der Waals surface area (Å²) in [4.78, 5) is 0.838. The second-order valence-corrected chi connectivity index (χ2v) is 2.33. The molecule has 0 spiro atoms. The highest BCUT2D eigenvalue weighted by atomic mass is 32.1. The van der Waals surface area contributed by atoms with Gasteiger partial charge in [-0.05, 0) is 11.4 Å². The van der Waals surface area contributed by atoms with E-state index in [0.29, 0.717) is 5.69 Å². The topological polar surface area (TPSA) is 49.9 Å². The van der Waals surface area contributed by atoms with Crippen LogP contribution in [0.4, 0.5) is 5.69 Å². The Bertz CT molecular complexity index is 192. The van der Waals surface area contributed by atoms with Gasteiger partial charge in [0.15, 0.2) is 0 Å². The predicted molar refractivity (Wildman–Crippen MR) is 36.6 cm³/mol. The van der Waals surface area contributed by atoms with Gasteiger partial charge in [0.25, 0.3) is 0 Å². The average Bonchev–Trinajstić information content (AvgIpc) is 2.14. The molecule has 0 bridgehead atoms. The maximum atomic E-state index is 6.81. The van der Waals surface area contributed by atoms with Gasteiger partial charge < -0.3 is 11.1 Å². The Morgan fingerprint density at radius 3 is 2.75 bits per heavy atom. The minimum absolute atomic E-state index is 0.699. The number of nitrogens with two attached hydrogens (primary N) is 1. The molecule has 0 saturated carbocycles. The van der Waals surface area contributed by atoms with Crippen molar-refractivity contribution in [1.29, 1.82) is 5.41 Å². The fourth-order valence-electron chi connectivity index (χ4n) is 0.448. The Morgan fingerprint density at radius 2 is 2.50 bits per heavy atom. The van der Waals surface area contributed by atoms with Gasteiger partial charge >= 0.3 is 0 Å². The van der Waals surface area contributed by atoms with Crippen molar-refractivity contribution in [2.24, 2.45) is 0 Å². The first-order valence-corrected chi connectivity index (χ1v) is 3.06. The predicted octanol–water partition coefficient (Wildman–Crippen LogP) is 1.33. The number of hydrogen-bond donors (Lipinski definition) is 2. The smallest absolute Gasteiger partial charge is 0.0675 e. The van der Waals surface area contributed by atoms with Gasteiger partial charge in [-0.2, -0.15) is 0 Å². The molecular formula is C5H6N2S. The maximum Gasteiger partial charge on any atom is 0.0675 e. The van der Waals surface area contributed by atoms with Gasteiger partial charge in [-0.15, -0.1) is 11.3 Å². The van der Waals surface area contributed by atoms with E-state index in [1.54, 1.807) is 6.07 Å². The van der Waals surface area contributed by atoms with Crippen LogP contribution < -0.4 is 5.73 Å². The molecule has 0 fully saturated rings. The zero-order valence-corrected chi connectivity index (χ0v) is 5.03. The van der Waals surface area contributed by atoms with Crippen LogP contribution in [0.25, 0.3) is 0 Å². The van der Waals surface area contributed by atoms with E-state index in [1.807, 2.05) is 5.38 Å². The lowest BCUT2D eigenvalue weighted by molar-refractivity contribution is 1.57. The summed E-state index contributed by atoms with van der Waals surface area (Å²) >= 11 is 1.48. The highest BCUT2D eigenvalue weighted by Gasteiger charge is 1.92. The van der Waals surface area contributed by atoms with Crippen molar-refractivity contribution < 1.29 is 0 Å². The fraction of sp³-hybridized carbons (Fsp3) is 0. The molecule has 0 amide bonds. The number of anilines is 1. The van der Waals surface area contributed by atoms with E-state index in [2.05, 4.69) is 0 Å². The molecule has 0 saturated heterocycles. The minimum Gasteiger partial charge on any atom is -0.398 e. The molecule has 1 heterocycles. The van der Waals surface area contributed by atoms with Gasteiger partial charge in [0, 0.05) is 6.21 Å². The van der Waals surface area contributed by atoms with Crippen LogP contribution >= 0.6 is 11.3 Å². The first kappa shape index (κ1) is 5.31. The summed E-state index contributed by atoms with van der Waals surface area (Å²) in [6.45, 7) is 0. The Kier molecular flexibility index (Phi) is 1.30. The third kappa shape index (κ3) is 0.721. The van der Waals surface area contributed by atoms with E-state index in [-0.39, 0.29) is 0 Å².